The van der Waals surface area contributed by atoms with Crippen LogP contribution in [0.5, 0.6) is 0 Å². The minimum Gasteiger partial charge on any atom is -0.756 e. The number of phosphoric ester groups is 1. The second kappa shape index (κ2) is 44.5. The maximum atomic E-state index is 13.4. The van der Waals surface area contributed by atoms with E-state index in [0.717, 1.165) is 44.9 Å². The van der Waals surface area contributed by atoms with E-state index < -0.39 is 32.5 Å². The largest absolute Gasteiger partial charge is 0.756 e. The summed E-state index contributed by atoms with van der Waals surface area (Å²) in [5.41, 5.74) is 0. The third kappa shape index (κ3) is 44.9. The number of carbonyl (C=O) groups excluding carboxylic acids is 2. The van der Waals surface area contributed by atoms with Crippen LogP contribution < -0.4 is 10.2 Å². The molecule has 0 rings (SSSR count). The van der Waals surface area contributed by atoms with Gasteiger partial charge >= 0.3 is 5.97 Å². The summed E-state index contributed by atoms with van der Waals surface area (Å²) in [6.45, 7) is 6.72. The summed E-state index contributed by atoms with van der Waals surface area (Å²) in [5, 5.41) is 2.95. The van der Waals surface area contributed by atoms with E-state index in [4.69, 9.17) is 13.8 Å². The Morgan fingerprint density at radius 3 is 1.41 bits per heavy atom. The predicted octanol–water partition coefficient (Wildman–Crippen LogP) is 14.5. The average molecular weight is 919 g/mol. The highest BCUT2D eigenvalue weighted by Gasteiger charge is 2.27. The van der Waals surface area contributed by atoms with E-state index in [1.165, 1.54) is 128 Å². The number of quaternary nitrogens is 1. The Balaban J connectivity index is 5.60. The van der Waals surface area contributed by atoms with Crippen LogP contribution in [0.25, 0.3) is 0 Å². The van der Waals surface area contributed by atoms with Gasteiger partial charge in [0.1, 0.15) is 19.3 Å². The third-order valence-electron chi connectivity index (χ3n) is 11.2. The minimum atomic E-state index is -4.71. The molecule has 0 aliphatic carbocycles. The predicted molar refractivity (Wildman–Crippen MR) is 270 cm³/mol. The van der Waals surface area contributed by atoms with Gasteiger partial charge in [0.2, 0.25) is 5.91 Å². The highest BCUT2D eigenvalue weighted by atomic mass is 31.2. The van der Waals surface area contributed by atoms with E-state index in [2.05, 4.69) is 62.5 Å². The molecule has 0 aliphatic heterocycles. The fraction of sp³-hybridized carbons (Fsp3) is 0.778. The van der Waals surface area contributed by atoms with Crippen molar-refractivity contribution in [3.63, 3.8) is 0 Å². The zero-order chi connectivity index (χ0) is 47.3. The van der Waals surface area contributed by atoms with Crippen molar-refractivity contribution < 1.29 is 37.3 Å². The van der Waals surface area contributed by atoms with E-state index in [0.29, 0.717) is 23.9 Å². The number of nitrogens with zero attached hydrogens (tertiary/aromatic N) is 1. The van der Waals surface area contributed by atoms with Crippen molar-refractivity contribution in [2.24, 2.45) is 0 Å². The number of carbonyl (C=O) groups is 2. The van der Waals surface area contributed by atoms with Gasteiger partial charge in [-0.05, 0) is 70.3 Å². The molecule has 0 aromatic heterocycles. The number of phosphoric acid groups is 1. The molecule has 0 radical (unpaired) electrons. The van der Waals surface area contributed by atoms with Crippen LogP contribution in [0.1, 0.15) is 220 Å². The molecule has 0 bridgehead atoms. The maximum Gasteiger partial charge on any atom is 0.306 e. The van der Waals surface area contributed by atoms with Crippen LogP contribution in [0.2, 0.25) is 0 Å². The Labute approximate surface area is 394 Å². The Morgan fingerprint density at radius 2 is 0.953 bits per heavy atom. The van der Waals surface area contributed by atoms with Crippen molar-refractivity contribution in [2.45, 2.75) is 232 Å². The van der Waals surface area contributed by atoms with Gasteiger partial charge in [-0.3, -0.25) is 14.2 Å². The number of unbranched alkanes of at least 4 members (excludes halogenated alkanes) is 22. The molecular formula is C54H99N2O7P. The lowest BCUT2D eigenvalue weighted by Gasteiger charge is -2.30. The Kier molecular flexibility index (Phi) is 42.9. The van der Waals surface area contributed by atoms with Crippen LogP contribution >= 0.6 is 7.82 Å². The number of rotatable bonds is 46. The number of ether oxygens (including phenoxy) is 1. The van der Waals surface area contributed by atoms with Crippen LogP contribution in [0.15, 0.2) is 60.8 Å². The second-order valence-corrected chi connectivity index (χ2v) is 20.1. The number of hydrogen-bond donors (Lipinski definition) is 1. The number of esters is 1. The summed E-state index contributed by atoms with van der Waals surface area (Å²) in [6.07, 6.45) is 53.6. The molecule has 3 atom stereocenters. The molecule has 3 unspecified atom stereocenters. The van der Waals surface area contributed by atoms with E-state index in [-0.39, 0.29) is 25.4 Å². The molecule has 0 fully saturated rings. The van der Waals surface area contributed by atoms with E-state index >= 15 is 0 Å². The van der Waals surface area contributed by atoms with Gasteiger partial charge in [0, 0.05) is 12.8 Å². The number of amides is 1. The van der Waals surface area contributed by atoms with Gasteiger partial charge < -0.3 is 28.5 Å². The van der Waals surface area contributed by atoms with Crippen LogP contribution in [0.3, 0.4) is 0 Å². The molecule has 0 aromatic carbocycles. The summed E-state index contributed by atoms with van der Waals surface area (Å²) < 4.78 is 30.0. The summed E-state index contributed by atoms with van der Waals surface area (Å²) in [4.78, 5) is 39.5. The first-order chi connectivity index (χ1) is 30.9. The topological polar surface area (TPSA) is 114 Å². The molecule has 0 heterocycles. The summed E-state index contributed by atoms with van der Waals surface area (Å²) >= 11 is 0. The molecule has 0 saturated carbocycles. The van der Waals surface area contributed by atoms with Crippen molar-refractivity contribution in [3.05, 3.63) is 60.8 Å². The van der Waals surface area contributed by atoms with Gasteiger partial charge in [-0.15, -0.1) is 0 Å². The van der Waals surface area contributed by atoms with Gasteiger partial charge in [0.15, 0.2) is 0 Å². The van der Waals surface area contributed by atoms with Crippen LogP contribution in [-0.2, 0) is 27.9 Å². The zero-order valence-corrected chi connectivity index (χ0v) is 43.1. The second-order valence-electron chi connectivity index (χ2n) is 18.7. The van der Waals surface area contributed by atoms with Crippen molar-refractivity contribution in [3.8, 4) is 0 Å². The van der Waals surface area contributed by atoms with Gasteiger partial charge in [-0.25, -0.2) is 0 Å². The molecule has 10 heteroatoms. The SMILES string of the molecule is CCCCCCCC/C=C\C/C=C/CCC(=O)NC(COP(=O)([O-])OCC[N+](C)(C)C)C(/C=C/CCCCCCCCCCCC)OC(=O)CC/C=C/C/C=C\CCCCCCCC. The lowest BCUT2D eigenvalue weighted by Crippen LogP contribution is -2.47. The fourth-order valence-corrected chi connectivity index (χ4v) is 7.82. The van der Waals surface area contributed by atoms with Crippen molar-refractivity contribution in [2.75, 3.05) is 40.9 Å². The first kappa shape index (κ1) is 61.7. The van der Waals surface area contributed by atoms with Crippen LogP contribution in [0, 0.1) is 0 Å². The van der Waals surface area contributed by atoms with Crippen molar-refractivity contribution in [1.82, 2.24) is 5.32 Å². The molecule has 0 spiro atoms. The Bertz CT molecular complexity index is 1290. The van der Waals surface area contributed by atoms with Crippen molar-refractivity contribution >= 4 is 19.7 Å². The lowest BCUT2D eigenvalue weighted by molar-refractivity contribution is -0.870. The zero-order valence-electron chi connectivity index (χ0n) is 42.2. The smallest absolute Gasteiger partial charge is 0.306 e. The van der Waals surface area contributed by atoms with E-state index in [1.807, 2.05) is 39.4 Å². The number of nitrogens with one attached hydrogen (secondary N) is 1. The van der Waals surface area contributed by atoms with Crippen LogP contribution in [-0.4, -0.2) is 69.4 Å². The normalized spacial score (nSPS) is 14.4. The Hall–Kier alpha value is -2.29. The van der Waals surface area contributed by atoms with Gasteiger partial charge in [0.05, 0.1) is 33.8 Å². The molecule has 0 aliphatic rings. The quantitative estimate of drug-likeness (QED) is 0.0213. The van der Waals surface area contributed by atoms with Gasteiger partial charge in [0.25, 0.3) is 7.82 Å². The van der Waals surface area contributed by atoms with Gasteiger partial charge in [-0.2, -0.15) is 0 Å². The third-order valence-corrected chi connectivity index (χ3v) is 12.2. The molecule has 64 heavy (non-hydrogen) atoms. The van der Waals surface area contributed by atoms with E-state index in [9.17, 15) is 19.0 Å². The molecule has 0 aromatic rings. The molecular weight excluding hydrogens is 820 g/mol. The molecule has 1 N–H and O–H groups in total. The minimum absolute atomic E-state index is 0.0402. The van der Waals surface area contributed by atoms with Crippen LogP contribution in [0.4, 0.5) is 0 Å². The number of hydrogen-bond acceptors (Lipinski definition) is 7. The standard InChI is InChI=1S/C54H99N2O7P/c1-7-10-13-16-19-22-25-28-31-34-37-40-43-46-53(57)55-51(50-62-64(59,60)61-49-48-56(4,5)6)52(45-42-39-36-33-30-27-24-21-18-15-12-9-3)63-54(58)47-44-41-38-35-32-29-26-23-20-17-14-11-8-2/h28-29,31-32,37-38,40-42,45,51-52H,7-27,30,33-36,39,43-44,46-50H2,1-6H3,(H-,55,57,59,60)/b31-28-,32-29-,40-37+,41-38+,45-42+. The summed E-state index contributed by atoms with van der Waals surface area (Å²) in [7, 11) is 1.12. The van der Waals surface area contributed by atoms with E-state index in [1.54, 1.807) is 6.08 Å². The summed E-state index contributed by atoms with van der Waals surface area (Å²) in [6, 6.07) is -0.939. The monoisotopic (exact) mass is 919 g/mol. The highest BCUT2D eigenvalue weighted by molar-refractivity contribution is 7.45. The average Bonchev–Trinajstić information content (AvgIpc) is 3.25. The fourth-order valence-electron chi connectivity index (χ4n) is 7.09. The van der Waals surface area contributed by atoms with Gasteiger partial charge in [-0.1, -0.05) is 197 Å². The summed E-state index contributed by atoms with van der Waals surface area (Å²) in [5.74, 6) is -0.701. The molecule has 9 nitrogen and oxygen atoms in total. The number of likely N-dealkylation sites (N-methyl/N-ethyl adjacent to an activating group) is 1. The number of allylic oxidation sites excluding steroid dienone is 9. The lowest BCUT2D eigenvalue weighted by atomic mass is 10.1. The first-order valence-electron chi connectivity index (χ1n) is 26.1. The molecule has 372 valence electrons. The molecule has 0 saturated heterocycles. The molecule has 1 amide bonds. The first-order valence-corrected chi connectivity index (χ1v) is 27.6. The maximum absolute atomic E-state index is 13.4. The Morgan fingerprint density at radius 1 is 0.547 bits per heavy atom. The van der Waals surface area contributed by atoms with Crippen molar-refractivity contribution in [1.29, 1.82) is 0 Å². The highest BCUT2D eigenvalue weighted by Crippen LogP contribution is 2.38.